The van der Waals surface area contributed by atoms with Crippen molar-refractivity contribution in [2.75, 3.05) is 13.2 Å². The van der Waals surface area contributed by atoms with Gasteiger partial charge in [-0.05, 0) is 55.7 Å². The van der Waals surface area contributed by atoms with E-state index in [1.165, 1.54) is 0 Å². The average molecular weight is 513 g/mol. The highest BCUT2D eigenvalue weighted by molar-refractivity contribution is 5.86. The van der Waals surface area contributed by atoms with Crippen LogP contribution in [0, 0.1) is 6.92 Å². The molecule has 0 fully saturated rings. The van der Waals surface area contributed by atoms with E-state index in [1.54, 1.807) is 13.8 Å². The second-order valence-electron chi connectivity index (χ2n) is 8.64. The van der Waals surface area contributed by atoms with Crippen LogP contribution in [-0.4, -0.2) is 42.6 Å². The van der Waals surface area contributed by atoms with Crippen LogP contribution in [-0.2, 0) is 9.47 Å². The lowest BCUT2D eigenvalue weighted by molar-refractivity contribution is 0.0677. The molecule has 7 heteroatoms. The lowest BCUT2D eigenvalue weighted by Crippen LogP contribution is -2.52. The van der Waals surface area contributed by atoms with Crippen LogP contribution in [0.25, 0.3) is 5.57 Å². The molecule has 1 aliphatic carbocycles. The fraction of sp³-hybridized carbons (Fsp3) is 0.226. The number of hydrazine groups is 1. The van der Waals surface area contributed by atoms with Crippen LogP contribution in [0.1, 0.15) is 30.5 Å². The Morgan fingerprint density at radius 1 is 0.789 bits per heavy atom. The van der Waals surface area contributed by atoms with E-state index in [2.05, 4.69) is 5.43 Å². The molecule has 1 N–H and O–H groups in total. The van der Waals surface area contributed by atoms with Crippen LogP contribution in [0.15, 0.2) is 103 Å². The van der Waals surface area contributed by atoms with Crippen molar-refractivity contribution in [1.29, 1.82) is 0 Å². The van der Waals surface area contributed by atoms with Crippen LogP contribution >= 0.6 is 0 Å². The SMILES string of the molecule is CCOC(=O)NN(C(=O)OCC)[C@H]1C=C[C@@H](Oc2ccc(C)cc2)C1=C(c1ccccc1)c1ccccc1. The van der Waals surface area contributed by atoms with E-state index in [0.717, 1.165) is 32.8 Å². The summed E-state index contributed by atoms with van der Waals surface area (Å²) in [5, 5.41) is 1.16. The first kappa shape index (κ1) is 26.5. The Morgan fingerprint density at radius 2 is 1.37 bits per heavy atom. The average Bonchev–Trinajstić information content (AvgIpc) is 3.32. The van der Waals surface area contributed by atoms with Gasteiger partial charge in [0.2, 0.25) is 0 Å². The molecule has 0 bridgehead atoms. The topological polar surface area (TPSA) is 77.1 Å². The number of carbonyl (C=O) groups is 2. The number of hydrogen-bond donors (Lipinski definition) is 1. The molecule has 0 radical (unpaired) electrons. The van der Waals surface area contributed by atoms with Gasteiger partial charge in [0.1, 0.15) is 17.9 Å². The Labute approximate surface area is 223 Å². The summed E-state index contributed by atoms with van der Waals surface area (Å²) < 4.78 is 16.9. The minimum absolute atomic E-state index is 0.142. The van der Waals surface area contributed by atoms with E-state index in [4.69, 9.17) is 14.2 Å². The van der Waals surface area contributed by atoms with Crippen molar-refractivity contribution in [3.8, 4) is 5.75 Å². The first-order valence-corrected chi connectivity index (χ1v) is 12.7. The number of amides is 2. The number of benzene rings is 3. The number of nitrogens with zero attached hydrogens (tertiary/aromatic N) is 1. The second-order valence-corrected chi connectivity index (χ2v) is 8.64. The molecule has 0 spiro atoms. The van der Waals surface area contributed by atoms with Crippen LogP contribution in [0.3, 0.4) is 0 Å². The summed E-state index contributed by atoms with van der Waals surface area (Å²) in [5.74, 6) is 0.685. The molecule has 3 aromatic rings. The number of hydrogen-bond acceptors (Lipinski definition) is 5. The van der Waals surface area contributed by atoms with Gasteiger partial charge in [-0.25, -0.2) is 20.0 Å². The molecule has 38 heavy (non-hydrogen) atoms. The highest BCUT2D eigenvalue weighted by atomic mass is 16.6. The number of rotatable bonds is 7. The maximum atomic E-state index is 13.1. The zero-order chi connectivity index (χ0) is 26.9. The van der Waals surface area contributed by atoms with Gasteiger partial charge in [0.15, 0.2) is 0 Å². The third-order valence-electron chi connectivity index (χ3n) is 6.02. The van der Waals surface area contributed by atoms with E-state index in [-0.39, 0.29) is 13.2 Å². The van der Waals surface area contributed by atoms with Crippen LogP contribution in [0.2, 0.25) is 0 Å². The molecule has 2 atom stereocenters. The van der Waals surface area contributed by atoms with Gasteiger partial charge in [-0.1, -0.05) is 84.4 Å². The highest BCUT2D eigenvalue weighted by Crippen LogP contribution is 2.37. The van der Waals surface area contributed by atoms with Crippen molar-refractivity contribution in [3.05, 3.63) is 119 Å². The first-order valence-electron chi connectivity index (χ1n) is 12.7. The standard InChI is InChI=1S/C31H32N2O5/c1-4-36-30(34)32-33(31(35)37-5-2)26-20-21-27(38-25-18-16-22(3)17-19-25)29(26)28(23-12-8-6-9-13-23)24-14-10-7-11-15-24/h6-21,26-27H,4-5H2,1-3H3,(H,32,34)/t26-,27+/m0/s1. The Morgan fingerprint density at radius 3 is 1.92 bits per heavy atom. The number of carbonyl (C=O) groups excluding carboxylic acids is 2. The summed E-state index contributed by atoms with van der Waals surface area (Å²) >= 11 is 0. The molecule has 3 aromatic carbocycles. The molecule has 1 aliphatic rings. The first-order chi connectivity index (χ1) is 18.5. The molecule has 0 saturated carbocycles. The summed E-state index contributed by atoms with van der Waals surface area (Å²) in [6.45, 7) is 5.72. The largest absolute Gasteiger partial charge is 0.482 e. The molecule has 4 rings (SSSR count). The van der Waals surface area contributed by atoms with Gasteiger partial charge < -0.3 is 14.2 Å². The summed E-state index contributed by atoms with van der Waals surface area (Å²) in [4.78, 5) is 25.6. The smallest absolute Gasteiger partial charge is 0.429 e. The second kappa shape index (κ2) is 12.6. The maximum absolute atomic E-state index is 13.1. The molecule has 0 aliphatic heterocycles. The Bertz CT molecular complexity index is 1250. The zero-order valence-corrected chi connectivity index (χ0v) is 21.8. The zero-order valence-electron chi connectivity index (χ0n) is 21.8. The Hall–Kier alpha value is -4.52. The normalized spacial score (nSPS) is 16.0. The quantitative estimate of drug-likeness (QED) is 0.297. The molecule has 7 nitrogen and oxygen atoms in total. The molecular formula is C31H32N2O5. The van der Waals surface area contributed by atoms with E-state index < -0.39 is 24.3 Å². The van der Waals surface area contributed by atoms with Gasteiger partial charge in [0, 0.05) is 5.57 Å². The van der Waals surface area contributed by atoms with Crippen molar-refractivity contribution in [2.45, 2.75) is 32.9 Å². The molecule has 0 saturated heterocycles. The molecular weight excluding hydrogens is 480 g/mol. The molecule has 0 heterocycles. The molecule has 0 aromatic heterocycles. The predicted octanol–water partition coefficient (Wildman–Crippen LogP) is 6.30. The molecule has 2 amide bonds. The minimum Gasteiger partial charge on any atom is -0.482 e. The van der Waals surface area contributed by atoms with Gasteiger partial charge in [0.05, 0.1) is 13.2 Å². The van der Waals surface area contributed by atoms with E-state index >= 15 is 0 Å². The summed E-state index contributed by atoms with van der Waals surface area (Å²) in [6.07, 6.45) is 1.74. The van der Waals surface area contributed by atoms with Gasteiger partial charge in [-0.2, -0.15) is 0 Å². The molecule has 0 unspecified atom stereocenters. The number of aryl methyl sites for hydroxylation is 1. The number of ether oxygens (including phenoxy) is 3. The van der Waals surface area contributed by atoms with Crippen LogP contribution < -0.4 is 10.2 Å². The van der Waals surface area contributed by atoms with Crippen LogP contribution in [0.4, 0.5) is 9.59 Å². The molecule has 196 valence electrons. The van der Waals surface area contributed by atoms with Gasteiger partial charge in [-0.15, -0.1) is 0 Å². The maximum Gasteiger partial charge on any atom is 0.429 e. The monoisotopic (exact) mass is 512 g/mol. The van der Waals surface area contributed by atoms with Crippen molar-refractivity contribution in [3.63, 3.8) is 0 Å². The van der Waals surface area contributed by atoms with Crippen molar-refractivity contribution >= 4 is 17.8 Å². The third-order valence-corrected chi connectivity index (χ3v) is 6.02. The fourth-order valence-corrected chi connectivity index (χ4v) is 4.36. The van der Waals surface area contributed by atoms with Crippen LogP contribution in [0.5, 0.6) is 5.75 Å². The summed E-state index contributed by atoms with van der Waals surface area (Å²) in [5.41, 5.74) is 7.25. The van der Waals surface area contributed by atoms with E-state index in [0.29, 0.717) is 5.75 Å². The summed E-state index contributed by atoms with van der Waals surface area (Å²) in [7, 11) is 0. The lowest BCUT2D eigenvalue weighted by Gasteiger charge is -2.31. The highest BCUT2D eigenvalue weighted by Gasteiger charge is 2.38. The van der Waals surface area contributed by atoms with Crippen molar-refractivity contribution < 1.29 is 23.8 Å². The van der Waals surface area contributed by atoms with Gasteiger partial charge in [-0.3, -0.25) is 0 Å². The number of nitrogens with one attached hydrogen (secondary N) is 1. The van der Waals surface area contributed by atoms with Gasteiger partial charge >= 0.3 is 12.2 Å². The minimum atomic E-state index is -0.753. The lowest BCUT2D eigenvalue weighted by atomic mass is 9.89. The predicted molar refractivity (Wildman–Crippen MR) is 146 cm³/mol. The van der Waals surface area contributed by atoms with Crippen molar-refractivity contribution in [2.24, 2.45) is 0 Å². The van der Waals surface area contributed by atoms with E-state index in [9.17, 15) is 9.59 Å². The Balaban J connectivity index is 1.89. The Kier molecular flexibility index (Phi) is 8.82. The van der Waals surface area contributed by atoms with E-state index in [1.807, 2.05) is 104 Å². The summed E-state index contributed by atoms with van der Waals surface area (Å²) in [6, 6.07) is 26.9. The van der Waals surface area contributed by atoms with Crippen molar-refractivity contribution in [1.82, 2.24) is 10.4 Å². The van der Waals surface area contributed by atoms with Gasteiger partial charge in [0.25, 0.3) is 0 Å². The fourth-order valence-electron chi connectivity index (χ4n) is 4.36. The third kappa shape index (κ3) is 6.24.